The fraction of sp³-hybridized carbons (Fsp3) is 0.214. The van der Waals surface area contributed by atoms with Crippen molar-refractivity contribution in [1.82, 2.24) is 9.55 Å². The molecule has 1 atom stereocenters. The van der Waals surface area contributed by atoms with E-state index in [1.165, 1.54) is 0 Å². The third-order valence-corrected chi connectivity index (χ3v) is 3.19. The van der Waals surface area contributed by atoms with E-state index in [1.807, 2.05) is 28.8 Å². The van der Waals surface area contributed by atoms with E-state index in [0.717, 1.165) is 27.6 Å². The number of nitrogens with zero attached hydrogens (tertiary/aromatic N) is 2. The highest BCUT2D eigenvalue weighted by Gasteiger charge is 2.13. The topological polar surface area (TPSA) is 47.3 Å². The molecule has 0 aliphatic heterocycles. The monoisotopic (exact) mass is 242 g/mol. The Morgan fingerprint density at radius 1 is 1.22 bits per heavy atom. The molecule has 92 valence electrons. The first-order valence-electron chi connectivity index (χ1n) is 5.82. The van der Waals surface area contributed by atoms with E-state index in [9.17, 15) is 5.11 Å². The number of aromatic nitrogens is 2. The predicted octanol–water partition coefficient (Wildman–Crippen LogP) is 2.71. The molecule has 4 nitrogen and oxygen atoms in total. The number of benzene rings is 1. The quantitative estimate of drug-likeness (QED) is 0.751. The van der Waals surface area contributed by atoms with E-state index < -0.39 is 6.23 Å². The first kappa shape index (κ1) is 11.0. The second-order valence-electron chi connectivity index (χ2n) is 4.28. The maximum Gasteiger partial charge on any atom is 0.128 e. The van der Waals surface area contributed by atoms with Crippen LogP contribution >= 0.6 is 0 Å². The lowest BCUT2D eigenvalue weighted by atomic mass is 10.2. The SMILES string of the molecule is COc1ccc2c3ccncc3n(C(C)O)c2c1. The van der Waals surface area contributed by atoms with Gasteiger partial charge in [-0.2, -0.15) is 0 Å². The molecular weight excluding hydrogens is 228 g/mol. The molecule has 18 heavy (non-hydrogen) atoms. The zero-order valence-electron chi connectivity index (χ0n) is 10.3. The van der Waals surface area contributed by atoms with Crippen molar-refractivity contribution in [3.63, 3.8) is 0 Å². The molecule has 0 aliphatic carbocycles. The van der Waals surface area contributed by atoms with Crippen molar-refractivity contribution in [2.24, 2.45) is 0 Å². The van der Waals surface area contributed by atoms with Crippen molar-refractivity contribution in [3.8, 4) is 5.75 Å². The van der Waals surface area contributed by atoms with Crippen LogP contribution in [0, 0.1) is 0 Å². The van der Waals surface area contributed by atoms with Crippen molar-refractivity contribution < 1.29 is 9.84 Å². The van der Waals surface area contributed by atoms with E-state index in [-0.39, 0.29) is 0 Å². The van der Waals surface area contributed by atoms with Crippen LogP contribution in [0.3, 0.4) is 0 Å². The van der Waals surface area contributed by atoms with Crippen LogP contribution in [0.1, 0.15) is 13.2 Å². The van der Waals surface area contributed by atoms with Gasteiger partial charge in [-0.1, -0.05) is 0 Å². The van der Waals surface area contributed by atoms with Gasteiger partial charge in [-0.25, -0.2) is 0 Å². The molecule has 2 aromatic heterocycles. The van der Waals surface area contributed by atoms with E-state index in [0.29, 0.717) is 0 Å². The first-order valence-corrected chi connectivity index (χ1v) is 5.82. The highest BCUT2D eigenvalue weighted by Crippen LogP contribution is 2.32. The number of ether oxygens (including phenoxy) is 1. The average molecular weight is 242 g/mol. The number of pyridine rings is 1. The van der Waals surface area contributed by atoms with Gasteiger partial charge < -0.3 is 14.4 Å². The van der Waals surface area contributed by atoms with E-state index in [4.69, 9.17) is 4.74 Å². The number of aliphatic hydroxyl groups is 1. The molecule has 0 saturated heterocycles. The second-order valence-corrected chi connectivity index (χ2v) is 4.28. The third kappa shape index (κ3) is 1.46. The zero-order chi connectivity index (χ0) is 12.7. The van der Waals surface area contributed by atoms with Gasteiger partial charge in [0, 0.05) is 23.0 Å². The summed E-state index contributed by atoms with van der Waals surface area (Å²) < 4.78 is 7.10. The van der Waals surface area contributed by atoms with Crippen LogP contribution in [0.25, 0.3) is 21.8 Å². The minimum atomic E-state index is -0.610. The maximum absolute atomic E-state index is 9.97. The number of hydrogen-bond donors (Lipinski definition) is 1. The van der Waals surface area contributed by atoms with Gasteiger partial charge >= 0.3 is 0 Å². The maximum atomic E-state index is 9.97. The molecule has 0 aliphatic rings. The molecule has 0 bridgehead atoms. The van der Waals surface area contributed by atoms with E-state index >= 15 is 0 Å². The Labute approximate surface area is 104 Å². The summed E-state index contributed by atoms with van der Waals surface area (Å²) in [4.78, 5) is 4.13. The summed E-state index contributed by atoms with van der Waals surface area (Å²) in [6.07, 6.45) is 2.92. The van der Waals surface area contributed by atoms with Crippen molar-refractivity contribution >= 4 is 21.8 Å². The van der Waals surface area contributed by atoms with Gasteiger partial charge in [-0.3, -0.25) is 4.98 Å². The first-order chi connectivity index (χ1) is 8.72. The standard InChI is InChI=1S/C14H14N2O2/c1-9(17)16-13-7-10(18-2)3-4-11(13)12-5-6-15-8-14(12)16/h3-9,17H,1-2H3. The number of rotatable bonds is 2. The van der Waals surface area contributed by atoms with Crippen molar-refractivity contribution in [3.05, 3.63) is 36.7 Å². The lowest BCUT2D eigenvalue weighted by molar-refractivity contribution is 0.134. The third-order valence-electron chi connectivity index (χ3n) is 3.19. The molecule has 1 aromatic carbocycles. The fourth-order valence-corrected chi connectivity index (χ4v) is 2.40. The summed E-state index contributed by atoms with van der Waals surface area (Å²) in [6.45, 7) is 1.74. The number of methoxy groups -OCH3 is 1. The summed E-state index contributed by atoms with van der Waals surface area (Å²) in [5.41, 5.74) is 1.88. The zero-order valence-corrected chi connectivity index (χ0v) is 10.3. The molecule has 0 radical (unpaired) electrons. The van der Waals surface area contributed by atoms with Gasteiger partial charge in [0.1, 0.15) is 12.0 Å². The Bertz CT molecular complexity index is 716. The molecular formula is C14H14N2O2. The van der Waals surface area contributed by atoms with Gasteiger partial charge in [0.15, 0.2) is 0 Å². The molecule has 3 aromatic rings. The summed E-state index contributed by atoms with van der Waals surface area (Å²) >= 11 is 0. The van der Waals surface area contributed by atoms with Gasteiger partial charge in [0.2, 0.25) is 0 Å². The summed E-state index contributed by atoms with van der Waals surface area (Å²) in [7, 11) is 1.64. The Morgan fingerprint density at radius 3 is 2.72 bits per heavy atom. The average Bonchev–Trinajstić information content (AvgIpc) is 2.72. The molecule has 0 saturated carbocycles. The molecule has 3 rings (SSSR count). The highest BCUT2D eigenvalue weighted by molar-refractivity contribution is 6.08. The van der Waals surface area contributed by atoms with Crippen LogP contribution in [-0.2, 0) is 0 Å². The largest absolute Gasteiger partial charge is 0.497 e. The van der Waals surface area contributed by atoms with Crippen LogP contribution in [-0.4, -0.2) is 21.8 Å². The van der Waals surface area contributed by atoms with Gasteiger partial charge in [-0.05, 0) is 25.1 Å². The summed E-state index contributed by atoms with van der Waals surface area (Å²) in [5.74, 6) is 0.778. The molecule has 1 unspecified atom stereocenters. The molecule has 2 heterocycles. The normalized spacial score (nSPS) is 13.1. The fourth-order valence-electron chi connectivity index (χ4n) is 2.40. The van der Waals surface area contributed by atoms with Crippen LogP contribution in [0.2, 0.25) is 0 Å². The number of aliphatic hydroxyl groups excluding tert-OH is 1. The smallest absolute Gasteiger partial charge is 0.128 e. The number of fused-ring (bicyclic) bond motifs is 3. The van der Waals surface area contributed by atoms with E-state index in [1.54, 1.807) is 26.4 Å². The Hall–Kier alpha value is -2.07. The Kier molecular flexibility index (Phi) is 2.45. The van der Waals surface area contributed by atoms with E-state index in [2.05, 4.69) is 4.98 Å². The number of hydrogen-bond acceptors (Lipinski definition) is 3. The molecule has 0 amide bonds. The molecule has 4 heteroatoms. The second kappa shape index (κ2) is 3.99. The lowest BCUT2D eigenvalue weighted by Gasteiger charge is -2.10. The van der Waals surface area contributed by atoms with Gasteiger partial charge in [0.25, 0.3) is 0 Å². The molecule has 0 spiro atoms. The lowest BCUT2D eigenvalue weighted by Crippen LogP contribution is -2.03. The predicted molar refractivity (Wildman–Crippen MR) is 70.7 cm³/mol. The highest BCUT2D eigenvalue weighted by atomic mass is 16.5. The summed E-state index contributed by atoms with van der Waals surface area (Å²) in [5, 5.41) is 12.1. The van der Waals surface area contributed by atoms with Crippen LogP contribution < -0.4 is 4.74 Å². The Morgan fingerprint density at radius 2 is 2.00 bits per heavy atom. The summed E-state index contributed by atoms with van der Waals surface area (Å²) in [6, 6.07) is 7.83. The van der Waals surface area contributed by atoms with Gasteiger partial charge in [-0.15, -0.1) is 0 Å². The van der Waals surface area contributed by atoms with Crippen LogP contribution in [0.4, 0.5) is 0 Å². The minimum absolute atomic E-state index is 0.610. The molecule has 1 N–H and O–H groups in total. The van der Waals surface area contributed by atoms with Gasteiger partial charge in [0.05, 0.1) is 24.3 Å². The van der Waals surface area contributed by atoms with Crippen LogP contribution in [0.15, 0.2) is 36.7 Å². The Balaban J connectivity index is 2.50. The van der Waals surface area contributed by atoms with Crippen LogP contribution in [0.5, 0.6) is 5.75 Å². The van der Waals surface area contributed by atoms with Crippen molar-refractivity contribution in [2.75, 3.05) is 7.11 Å². The minimum Gasteiger partial charge on any atom is -0.497 e. The van der Waals surface area contributed by atoms with Crippen molar-refractivity contribution in [1.29, 1.82) is 0 Å². The van der Waals surface area contributed by atoms with Crippen molar-refractivity contribution in [2.45, 2.75) is 13.2 Å². The molecule has 0 fully saturated rings.